The van der Waals surface area contributed by atoms with Crippen molar-refractivity contribution < 1.29 is 31.1 Å². The van der Waals surface area contributed by atoms with E-state index in [0.717, 1.165) is 82.4 Å². The number of carbonyl (C=O) groups is 1. The smallest absolute Gasteiger partial charge is 0.264 e. The van der Waals surface area contributed by atoms with E-state index >= 15 is 0 Å². The van der Waals surface area contributed by atoms with Crippen molar-refractivity contribution in [1.29, 1.82) is 0 Å². The molecule has 0 spiro atoms. The van der Waals surface area contributed by atoms with Gasteiger partial charge in [0.2, 0.25) is 10.0 Å². The Balaban J connectivity index is 1.23. The molecule has 1 amide bonds. The van der Waals surface area contributed by atoms with Crippen molar-refractivity contribution >= 4 is 43.1 Å². The molecule has 4 heterocycles. The second-order valence-electron chi connectivity index (χ2n) is 16.6. The number of carbonyl (C=O) groups excluding carboxylic acids is 1. The first-order valence-corrected chi connectivity index (χ1v) is 23.6. The minimum Gasteiger partial charge on any atom is -0.487 e. The lowest BCUT2D eigenvalue weighted by Crippen LogP contribution is -2.63. The number of hydrogen-bond donors (Lipinski definition) is 1. The van der Waals surface area contributed by atoms with Crippen molar-refractivity contribution in [1.82, 2.24) is 14.5 Å². The average molecular weight is 806 g/mol. The molecule has 5 aliphatic rings. The summed E-state index contributed by atoms with van der Waals surface area (Å²) >= 11 is 6.40. The van der Waals surface area contributed by atoms with E-state index in [2.05, 4.69) is 19.4 Å². The summed E-state index contributed by atoms with van der Waals surface area (Å²) in [7, 11) is -5.20. The van der Waals surface area contributed by atoms with E-state index in [-0.39, 0.29) is 34.9 Å². The fraction of sp³-hybridized carbons (Fsp3) is 0.675. The summed E-state index contributed by atoms with van der Waals surface area (Å²) in [6.45, 7) is 9.16. The van der Waals surface area contributed by atoms with Gasteiger partial charge < -0.3 is 14.4 Å². The van der Waals surface area contributed by atoms with Crippen molar-refractivity contribution in [2.45, 2.75) is 88.7 Å². The summed E-state index contributed by atoms with van der Waals surface area (Å²) < 4.78 is 68.2. The summed E-state index contributed by atoms with van der Waals surface area (Å²) in [6, 6.07) is 11.2. The summed E-state index contributed by atoms with van der Waals surface area (Å²) in [5.74, 6) is 0.821. The van der Waals surface area contributed by atoms with Crippen LogP contribution in [0.5, 0.6) is 5.75 Å². The van der Waals surface area contributed by atoms with Gasteiger partial charge in [-0.25, -0.2) is 21.6 Å². The lowest BCUT2D eigenvalue weighted by Gasteiger charge is -2.54. The predicted octanol–water partition coefficient (Wildman–Crippen LogP) is 5.16. The van der Waals surface area contributed by atoms with Crippen LogP contribution in [-0.2, 0) is 37.6 Å². The highest BCUT2D eigenvalue weighted by Gasteiger charge is 2.50. The molecular weight excluding hydrogens is 748 g/mol. The van der Waals surface area contributed by atoms with Gasteiger partial charge in [-0.1, -0.05) is 31.0 Å². The van der Waals surface area contributed by atoms with Crippen LogP contribution in [0.3, 0.4) is 0 Å². The van der Waals surface area contributed by atoms with Crippen LogP contribution in [0.2, 0.25) is 5.02 Å². The molecule has 1 N–H and O–H groups in total. The minimum atomic E-state index is -3.97. The number of benzene rings is 2. The SMILES string of the molecule is CO[C@]1(CN2CCN3CCS(=O)(=O)C[C@H]3C2)CCC[C@H](C)[C@@H](C)S(=O)(=O)NC(=O)c2ccc3c(c2)N(CCCCc2cc(Cl)ccc2CO3)C[C@@H]2CC[C@H]21. The van der Waals surface area contributed by atoms with Crippen LogP contribution in [0.4, 0.5) is 5.69 Å². The van der Waals surface area contributed by atoms with E-state index in [1.807, 2.05) is 32.2 Å². The molecule has 0 aromatic heterocycles. The van der Waals surface area contributed by atoms with Crippen molar-refractivity contribution in [2.75, 3.05) is 69.3 Å². The number of fused-ring (bicyclic) bond motifs is 4. The standard InChI is InChI=1S/C40H57ClN4O7S2/c1-28-7-6-15-40(51-3,27-43-17-18-44-19-20-53(47,48)26-35(44)24-43)36-13-10-32(36)23-45-16-5-4-8-30-21-34(41)12-9-33(30)25-52-38-14-11-31(22-37(38)45)39(46)42-54(49,50)29(28)2/h9,11-12,14,21-22,28-29,32,35-36H,4-8,10,13,15-20,23-27H2,1-3H3,(H,42,46)/t28-,29+,32-,35+,36+,40-/m0/s1. The molecule has 4 aliphatic heterocycles. The molecule has 7 rings (SSSR count). The fourth-order valence-electron chi connectivity index (χ4n) is 9.65. The van der Waals surface area contributed by atoms with Crippen molar-refractivity contribution in [3.05, 3.63) is 58.1 Å². The van der Waals surface area contributed by atoms with Gasteiger partial charge in [-0.15, -0.1) is 0 Å². The van der Waals surface area contributed by atoms with Crippen LogP contribution in [0.25, 0.3) is 0 Å². The molecule has 0 radical (unpaired) electrons. The summed E-state index contributed by atoms with van der Waals surface area (Å²) in [6.07, 6.45) is 7.01. The fourth-order valence-corrected chi connectivity index (χ4v) is 12.7. The number of sulfone groups is 1. The number of nitrogens with one attached hydrogen (secondary N) is 1. The Morgan fingerprint density at radius 1 is 0.944 bits per heavy atom. The van der Waals surface area contributed by atoms with Crippen LogP contribution in [0.15, 0.2) is 36.4 Å². The molecule has 2 aromatic rings. The third-order valence-electron chi connectivity index (χ3n) is 13.3. The summed E-state index contributed by atoms with van der Waals surface area (Å²) in [5, 5.41) is -0.0786. The maximum atomic E-state index is 13.6. The van der Waals surface area contributed by atoms with Gasteiger partial charge in [-0.05, 0) is 111 Å². The number of amides is 1. The number of piperazine rings is 1. The largest absolute Gasteiger partial charge is 0.487 e. The Labute approximate surface area is 327 Å². The third-order valence-corrected chi connectivity index (χ3v) is 17.1. The molecule has 11 nitrogen and oxygen atoms in total. The van der Waals surface area contributed by atoms with Gasteiger partial charge in [0.1, 0.15) is 12.4 Å². The van der Waals surface area contributed by atoms with Gasteiger partial charge in [0.05, 0.1) is 28.0 Å². The van der Waals surface area contributed by atoms with E-state index in [9.17, 15) is 21.6 Å². The van der Waals surface area contributed by atoms with E-state index in [0.29, 0.717) is 49.4 Å². The number of nitrogens with zero attached hydrogens (tertiary/aromatic N) is 3. The van der Waals surface area contributed by atoms with Crippen molar-refractivity contribution in [2.24, 2.45) is 17.8 Å². The third kappa shape index (κ3) is 8.61. The normalized spacial score (nSPS) is 32.3. The van der Waals surface area contributed by atoms with Crippen molar-refractivity contribution in [3.63, 3.8) is 0 Å². The van der Waals surface area contributed by atoms with E-state index in [4.69, 9.17) is 21.1 Å². The number of sulfonamides is 1. The van der Waals surface area contributed by atoms with Gasteiger partial charge in [0.15, 0.2) is 9.84 Å². The molecule has 0 unspecified atom stereocenters. The van der Waals surface area contributed by atoms with E-state index in [1.165, 1.54) is 5.56 Å². The molecule has 2 bridgehead atoms. The topological polar surface area (TPSA) is 126 Å². The quantitative estimate of drug-likeness (QED) is 0.445. The Morgan fingerprint density at radius 2 is 1.78 bits per heavy atom. The lowest BCUT2D eigenvalue weighted by molar-refractivity contribution is -0.135. The minimum absolute atomic E-state index is 0.0120. The number of rotatable bonds is 3. The van der Waals surface area contributed by atoms with Gasteiger partial charge >= 0.3 is 0 Å². The van der Waals surface area contributed by atoms with E-state index < -0.39 is 36.6 Å². The zero-order valence-corrected chi connectivity index (χ0v) is 34.4. The molecule has 6 atom stereocenters. The highest BCUT2D eigenvalue weighted by Crippen LogP contribution is 2.48. The monoisotopic (exact) mass is 804 g/mol. The number of halogens is 1. The zero-order valence-electron chi connectivity index (χ0n) is 32.0. The molecule has 298 valence electrons. The van der Waals surface area contributed by atoms with Crippen molar-refractivity contribution in [3.8, 4) is 5.75 Å². The Kier molecular flexibility index (Phi) is 11.9. The average Bonchev–Trinajstić information content (AvgIpc) is 3.14. The van der Waals surface area contributed by atoms with Gasteiger partial charge in [0, 0.05) is 69.6 Å². The van der Waals surface area contributed by atoms with Gasteiger partial charge in [-0.2, -0.15) is 0 Å². The highest BCUT2D eigenvalue weighted by molar-refractivity contribution is 7.91. The lowest BCUT2D eigenvalue weighted by atomic mass is 9.62. The maximum absolute atomic E-state index is 13.6. The van der Waals surface area contributed by atoms with Gasteiger partial charge in [0.25, 0.3) is 5.91 Å². The molecule has 2 aromatic carbocycles. The molecular formula is C40H57ClN4O7S2. The number of methoxy groups -OCH3 is 1. The first-order chi connectivity index (χ1) is 25.8. The second kappa shape index (κ2) is 16.2. The number of anilines is 1. The molecule has 1 saturated carbocycles. The Morgan fingerprint density at radius 3 is 2.56 bits per heavy atom. The Hall–Kier alpha value is -2.42. The molecule has 2 saturated heterocycles. The zero-order chi connectivity index (χ0) is 38.3. The molecule has 54 heavy (non-hydrogen) atoms. The summed E-state index contributed by atoms with van der Waals surface area (Å²) in [4.78, 5) is 20.7. The van der Waals surface area contributed by atoms with E-state index in [1.54, 1.807) is 25.1 Å². The maximum Gasteiger partial charge on any atom is 0.264 e. The second-order valence-corrected chi connectivity index (χ2v) is 21.3. The van der Waals surface area contributed by atoms with Gasteiger partial charge in [-0.3, -0.25) is 14.6 Å². The first-order valence-electron chi connectivity index (χ1n) is 19.8. The number of ether oxygens (including phenoxy) is 2. The molecule has 14 heteroatoms. The van der Waals surface area contributed by atoms with Crippen LogP contribution < -0.4 is 14.4 Å². The van der Waals surface area contributed by atoms with Crippen LogP contribution in [-0.4, -0.2) is 114 Å². The Bertz CT molecular complexity index is 1910. The first kappa shape index (κ1) is 39.8. The van der Waals surface area contributed by atoms with Crippen LogP contribution in [0, 0.1) is 17.8 Å². The number of hydrogen-bond acceptors (Lipinski definition) is 10. The molecule has 3 fully saturated rings. The van der Waals surface area contributed by atoms with Crippen LogP contribution >= 0.6 is 11.6 Å². The summed E-state index contributed by atoms with van der Waals surface area (Å²) in [5.41, 5.74) is 2.82. The number of aryl methyl sites for hydroxylation is 1. The van der Waals surface area contributed by atoms with Crippen LogP contribution in [0.1, 0.15) is 80.3 Å². The predicted molar refractivity (Wildman–Crippen MR) is 213 cm³/mol. The molecule has 1 aliphatic carbocycles. The highest BCUT2D eigenvalue weighted by atomic mass is 35.5.